The lowest BCUT2D eigenvalue weighted by Gasteiger charge is -2.10. The topological polar surface area (TPSA) is 95.9 Å². The molecule has 0 aliphatic carbocycles. The van der Waals surface area contributed by atoms with Crippen LogP contribution in [0.15, 0.2) is 335 Å². The fourth-order valence-corrected chi connectivity index (χ4v) is 17.7. The maximum atomic E-state index is 6.46. The van der Waals surface area contributed by atoms with Crippen molar-refractivity contribution < 1.29 is 13.3 Å². The molecule has 0 saturated carbocycles. The molecule has 0 saturated heterocycles. The molecule has 0 fully saturated rings. The molecule has 102 heavy (non-hydrogen) atoms. The van der Waals surface area contributed by atoms with Crippen LogP contribution in [0, 0.1) is 0 Å². The second-order valence-corrected chi connectivity index (χ2v) is 28.0. The summed E-state index contributed by atoms with van der Waals surface area (Å²) < 4.78 is 26.7. The minimum atomic E-state index is 0.524. The molecule has 0 atom stereocenters. The van der Waals surface area contributed by atoms with Crippen LogP contribution in [0.4, 0.5) is 0 Å². The van der Waals surface area contributed by atoms with Crippen molar-refractivity contribution in [3.8, 4) is 83.8 Å². The molecule has 476 valence electrons. The molecule has 22 rings (SSSR count). The number of rotatable bonds is 8. The number of nitrogens with zero attached hydrogens (tertiary/aromatic N) is 5. The Hall–Kier alpha value is -13.1. The van der Waals surface area contributed by atoms with Crippen molar-refractivity contribution in [1.29, 1.82) is 0 Å². The first kappa shape index (κ1) is 57.9. The SMILES string of the molecule is c1cc(-c2cccc3c2oc2ccccc23)cc(-c2cccc3c2oc2ncc(-c4cccc(-c5cccc6c5sc5ccccc56)c4)nc23)c1.c1cc(-c2cnc3oc4cc(-c5cccc(-n6c7ccccc7c7ccccc76)c5)ccc4c3n2)cc(-c2cccc3c2sc2ccccc23)c1. The number of hydrogen-bond acceptors (Lipinski definition) is 9. The highest BCUT2D eigenvalue weighted by atomic mass is 32.1. The van der Waals surface area contributed by atoms with E-state index in [1.807, 2.05) is 47.2 Å². The van der Waals surface area contributed by atoms with Gasteiger partial charge in [-0.25, -0.2) is 19.9 Å². The zero-order valence-electron chi connectivity index (χ0n) is 54.4. The van der Waals surface area contributed by atoms with Crippen LogP contribution < -0.4 is 0 Å². The van der Waals surface area contributed by atoms with Gasteiger partial charge in [-0.3, -0.25) is 0 Å². The second-order valence-electron chi connectivity index (χ2n) is 25.9. The fraction of sp³-hybridized carbons (Fsp3) is 0. The van der Waals surface area contributed by atoms with Crippen molar-refractivity contribution >= 4 is 151 Å². The van der Waals surface area contributed by atoms with E-state index in [0.29, 0.717) is 11.4 Å². The average Bonchev–Trinajstić information content (AvgIpc) is 1.59. The van der Waals surface area contributed by atoms with Gasteiger partial charge in [0.1, 0.15) is 33.4 Å². The normalized spacial score (nSPS) is 11.9. The van der Waals surface area contributed by atoms with Gasteiger partial charge in [0.25, 0.3) is 0 Å². The highest BCUT2D eigenvalue weighted by molar-refractivity contribution is 7.26. The Kier molecular flexibility index (Phi) is 13.2. The fourth-order valence-electron chi connectivity index (χ4n) is 15.3. The summed E-state index contributed by atoms with van der Waals surface area (Å²) in [6.45, 7) is 0. The van der Waals surface area contributed by atoms with E-state index in [0.717, 1.165) is 128 Å². The highest BCUT2D eigenvalue weighted by Crippen LogP contribution is 2.45. The molecule has 0 N–H and O–H groups in total. The van der Waals surface area contributed by atoms with Crippen molar-refractivity contribution in [2.75, 3.05) is 0 Å². The van der Waals surface area contributed by atoms with Crippen molar-refractivity contribution in [3.05, 3.63) is 322 Å². The van der Waals surface area contributed by atoms with Gasteiger partial charge in [-0.1, -0.05) is 231 Å². The first-order valence-corrected chi connectivity index (χ1v) is 35.7. The Morgan fingerprint density at radius 2 is 0.696 bits per heavy atom. The Balaban J connectivity index is 0.000000133. The summed E-state index contributed by atoms with van der Waals surface area (Å²) >= 11 is 3.69. The quantitative estimate of drug-likeness (QED) is 0.150. The standard InChI is InChI=1S/C46H27N3OS.C46H26N2O2S/c1-4-19-40-34(14-1)35-15-2-5-20-41(35)49(40)32-13-8-10-28(25-32)29-22-23-38-42(26-29)50-46-44(38)48-39(27-47-46)31-12-7-11-30(24-31)33-17-9-18-37-36-16-3-6-21-43(36)51-45(33)37;1-3-22-40-34(14-1)36-19-7-16-31(43(36)49-40)27-10-5-11-28(24-27)32-17-8-21-38-42-46(50-44(32)38)47-26-39(48-42)30-13-6-12-29(25-30)33-18-9-20-37-35-15-2-4-23-41(35)51-45(33)37/h1-27H;1-26H. The number of aromatic nitrogens is 5. The monoisotopic (exact) mass is 1340 g/mol. The van der Waals surface area contributed by atoms with Gasteiger partial charge < -0.3 is 17.8 Å². The number of fused-ring (bicyclic) bond motifs is 18. The van der Waals surface area contributed by atoms with Crippen LogP contribution in [0.2, 0.25) is 0 Å². The van der Waals surface area contributed by atoms with E-state index in [1.165, 1.54) is 73.3 Å². The zero-order valence-corrected chi connectivity index (χ0v) is 56.0. The maximum absolute atomic E-state index is 6.46. The minimum Gasteiger partial charge on any atom is -0.455 e. The largest absolute Gasteiger partial charge is 0.455 e. The molecule has 22 aromatic rings. The third kappa shape index (κ3) is 9.42. The van der Waals surface area contributed by atoms with Crippen LogP contribution in [0.5, 0.6) is 0 Å². The highest BCUT2D eigenvalue weighted by Gasteiger charge is 2.21. The lowest BCUT2D eigenvalue weighted by Crippen LogP contribution is -1.94. The Labute approximate surface area is 590 Å². The Morgan fingerprint density at radius 1 is 0.265 bits per heavy atom. The van der Waals surface area contributed by atoms with E-state index < -0.39 is 0 Å². The number of benzene rings is 14. The van der Waals surface area contributed by atoms with E-state index >= 15 is 0 Å². The molecular formula is C92H53N5O3S2. The molecule has 0 radical (unpaired) electrons. The van der Waals surface area contributed by atoms with Crippen LogP contribution in [-0.2, 0) is 0 Å². The van der Waals surface area contributed by atoms with Gasteiger partial charge in [0.05, 0.1) is 34.8 Å². The predicted molar refractivity (Wildman–Crippen MR) is 424 cm³/mol. The number of hydrogen-bond donors (Lipinski definition) is 0. The van der Waals surface area contributed by atoms with E-state index in [4.69, 9.17) is 33.2 Å². The third-order valence-electron chi connectivity index (χ3n) is 20.0. The molecular weight excluding hydrogens is 1290 g/mol. The minimum absolute atomic E-state index is 0.524. The number of para-hydroxylation sites is 5. The molecule has 0 unspecified atom stereocenters. The summed E-state index contributed by atoms with van der Waals surface area (Å²) in [6.07, 6.45) is 3.64. The van der Waals surface area contributed by atoms with Gasteiger partial charge in [0.2, 0.25) is 11.4 Å². The average molecular weight is 1340 g/mol. The summed E-state index contributed by atoms with van der Waals surface area (Å²) in [5, 5.41) is 11.8. The van der Waals surface area contributed by atoms with Gasteiger partial charge in [0.15, 0.2) is 0 Å². The molecule has 0 aliphatic heterocycles. The van der Waals surface area contributed by atoms with Gasteiger partial charge >= 0.3 is 0 Å². The molecule has 14 aromatic carbocycles. The van der Waals surface area contributed by atoms with Crippen molar-refractivity contribution in [1.82, 2.24) is 24.5 Å². The summed E-state index contributed by atoms with van der Waals surface area (Å²) in [5.41, 5.74) is 24.2. The Morgan fingerprint density at radius 3 is 1.31 bits per heavy atom. The molecule has 8 heterocycles. The van der Waals surface area contributed by atoms with Gasteiger partial charge in [-0.2, -0.15) is 0 Å². The van der Waals surface area contributed by atoms with Crippen molar-refractivity contribution in [3.63, 3.8) is 0 Å². The van der Waals surface area contributed by atoms with E-state index in [1.54, 1.807) is 0 Å². The molecule has 0 bridgehead atoms. The van der Waals surface area contributed by atoms with Crippen LogP contribution in [0.3, 0.4) is 0 Å². The van der Waals surface area contributed by atoms with Gasteiger partial charge in [0, 0.05) is 101 Å². The molecule has 8 aromatic heterocycles. The van der Waals surface area contributed by atoms with Crippen LogP contribution in [-0.4, -0.2) is 24.5 Å². The first-order valence-electron chi connectivity index (χ1n) is 34.0. The van der Waals surface area contributed by atoms with Gasteiger partial charge in [-0.05, 0) is 123 Å². The number of thiophene rings is 2. The maximum Gasteiger partial charge on any atom is 0.246 e. The van der Waals surface area contributed by atoms with Gasteiger partial charge in [-0.15, -0.1) is 22.7 Å². The lowest BCUT2D eigenvalue weighted by molar-refractivity contribution is 0.653. The van der Waals surface area contributed by atoms with E-state index in [-0.39, 0.29) is 0 Å². The van der Waals surface area contributed by atoms with E-state index in [2.05, 4.69) is 302 Å². The first-order chi connectivity index (χ1) is 50.5. The molecule has 0 amide bonds. The summed E-state index contributed by atoms with van der Waals surface area (Å²) in [4.78, 5) is 19.8. The summed E-state index contributed by atoms with van der Waals surface area (Å²) in [5.74, 6) is 0. The molecule has 8 nitrogen and oxygen atoms in total. The van der Waals surface area contributed by atoms with Crippen molar-refractivity contribution in [2.45, 2.75) is 0 Å². The molecule has 0 aliphatic rings. The zero-order chi connectivity index (χ0) is 66.9. The smallest absolute Gasteiger partial charge is 0.246 e. The summed E-state index contributed by atoms with van der Waals surface area (Å²) in [6, 6.07) is 109. The van der Waals surface area contributed by atoms with Crippen LogP contribution >= 0.6 is 22.7 Å². The van der Waals surface area contributed by atoms with Crippen LogP contribution in [0.1, 0.15) is 0 Å². The van der Waals surface area contributed by atoms with Crippen molar-refractivity contribution in [2.24, 2.45) is 0 Å². The number of furan rings is 3. The van der Waals surface area contributed by atoms with Crippen LogP contribution in [0.25, 0.3) is 212 Å². The lowest BCUT2D eigenvalue weighted by atomic mass is 9.97. The van der Waals surface area contributed by atoms with E-state index in [9.17, 15) is 0 Å². The second kappa shape index (κ2) is 23.3. The molecule has 10 heteroatoms. The molecule has 0 spiro atoms. The summed E-state index contributed by atoms with van der Waals surface area (Å²) in [7, 11) is 0. The third-order valence-corrected chi connectivity index (χ3v) is 22.5. The predicted octanol–water partition coefficient (Wildman–Crippen LogP) is 26.2. The Bertz CT molecular complexity index is 7130.